The third kappa shape index (κ3) is 7.37. The molecule has 1 aliphatic rings. The van der Waals surface area contributed by atoms with Gasteiger partial charge in [-0.1, -0.05) is 31.6 Å². The van der Waals surface area contributed by atoms with Crippen LogP contribution in [-0.2, 0) is 4.79 Å². The normalized spacial score (nSPS) is 20.3. The van der Waals surface area contributed by atoms with E-state index in [-0.39, 0.29) is 12.0 Å². The number of ether oxygens (including phenoxy) is 1. The van der Waals surface area contributed by atoms with Crippen molar-refractivity contribution in [3.8, 4) is 5.75 Å². The van der Waals surface area contributed by atoms with E-state index in [1.807, 2.05) is 12.1 Å². The van der Waals surface area contributed by atoms with Crippen LogP contribution in [0.25, 0.3) is 0 Å². The summed E-state index contributed by atoms with van der Waals surface area (Å²) in [5.74, 6) is 0.737. The van der Waals surface area contributed by atoms with Gasteiger partial charge in [0, 0.05) is 6.42 Å². The summed E-state index contributed by atoms with van der Waals surface area (Å²) in [4.78, 5) is 11.6. The average Bonchev–Trinajstić information content (AvgIpc) is 2.65. The maximum atomic E-state index is 12.2. The molecular weight excluding hydrogens is 357 g/mol. The van der Waals surface area contributed by atoms with E-state index in [2.05, 4.69) is 6.58 Å². The Morgan fingerprint density at radius 2 is 1.74 bits per heavy atom. The van der Waals surface area contributed by atoms with Gasteiger partial charge in [0.15, 0.2) is 0 Å². The lowest BCUT2D eigenvalue weighted by Crippen LogP contribution is -2.14. The van der Waals surface area contributed by atoms with Gasteiger partial charge in [-0.15, -0.1) is 0 Å². The van der Waals surface area contributed by atoms with E-state index in [4.69, 9.17) is 9.84 Å². The fourth-order valence-electron chi connectivity index (χ4n) is 3.59. The molecule has 1 aliphatic carbocycles. The second kappa shape index (κ2) is 9.93. The Bertz CT molecular complexity index is 615. The van der Waals surface area contributed by atoms with Crippen molar-refractivity contribution in [3.63, 3.8) is 0 Å². The lowest BCUT2D eigenvalue weighted by molar-refractivity contribution is -0.135. The molecule has 150 valence electrons. The van der Waals surface area contributed by atoms with Crippen molar-refractivity contribution in [3.05, 3.63) is 42.0 Å². The van der Waals surface area contributed by atoms with Crippen molar-refractivity contribution >= 4 is 5.97 Å². The monoisotopic (exact) mass is 384 g/mol. The van der Waals surface area contributed by atoms with Gasteiger partial charge in [0.1, 0.15) is 5.75 Å². The molecule has 0 spiro atoms. The third-order valence-corrected chi connectivity index (χ3v) is 5.21. The number of carbonyl (C=O) groups excluding carboxylic acids is 1. The van der Waals surface area contributed by atoms with Crippen LogP contribution in [0.1, 0.15) is 62.8 Å². The van der Waals surface area contributed by atoms with Crippen molar-refractivity contribution in [1.29, 1.82) is 0 Å². The maximum absolute atomic E-state index is 12.2. The van der Waals surface area contributed by atoms with Gasteiger partial charge in [-0.25, -0.2) is 4.79 Å². The number of hydrogen-bond donors (Lipinski definition) is 1. The highest BCUT2D eigenvalue weighted by Gasteiger charge is 2.27. The zero-order valence-corrected chi connectivity index (χ0v) is 15.4. The number of halogens is 3. The molecule has 0 heterocycles. The van der Waals surface area contributed by atoms with Gasteiger partial charge in [-0.2, -0.15) is 13.2 Å². The van der Waals surface area contributed by atoms with Gasteiger partial charge in [0.25, 0.3) is 0 Å². The van der Waals surface area contributed by atoms with Crippen LogP contribution in [0.4, 0.5) is 13.2 Å². The summed E-state index contributed by atoms with van der Waals surface area (Å²) in [6, 6.07) is 7.36. The van der Waals surface area contributed by atoms with Crippen LogP contribution in [0.3, 0.4) is 0 Å². The number of esters is 1. The summed E-state index contributed by atoms with van der Waals surface area (Å²) >= 11 is 0. The molecule has 0 radical (unpaired) electrons. The van der Waals surface area contributed by atoms with Crippen LogP contribution in [0.5, 0.6) is 5.75 Å². The summed E-state index contributed by atoms with van der Waals surface area (Å²) in [5, 5.41) is 8.87. The Hall–Kier alpha value is -1.82. The summed E-state index contributed by atoms with van der Waals surface area (Å²) in [6.07, 6.45) is 1.20. The molecule has 3 nitrogen and oxygen atoms in total. The molecule has 0 amide bonds. The van der Waals surface area contributed by atoms with Crippen LogP contribution in [-0.4, -0.2) is 23.9 Å². The van der Waals surface area contributed by atoms with Gasteiger partial charge in [0.05, 0.1) is 12.2 Å². The van der Waals surface area contributed by atoms with Crippen LogP contribution >= 0.6 is 0 Å². The highest BCUT2D eigenvalue weighted by molar-refractivity contribution is 5.89. The Morgan fingerprint density at radius 3 is 2.30 bits per heavy atom. The molecule has 1 aromatic rings. The van der Waals surface area contributed by atoms with E-state index in [1.165, 1.54) is 5.56 Å². The van der Waals surface area contributed by atoms with E-state index in [1.54, 1.807) is 12.1 Å². The number of carbonyl (C=O) groups is 1. The number of aliphatic hydroxyl groups is 1. The van der Waals surface area contributed by atoms with E-state index in [0.717, 1.165) is 32.1 Å². The standard InChI is InChI=1S/C21H27F3O3/c1-15(14-25)20(26)27-19-11-9-18(10-12-19)17-7-5-16(6-8-17)4-2-3-13-21(22,23)24/h9-12,16-17,25H,1-8,13-14H2. The number of rotatable bonds is 8. The molecule has 1 N–H and O–H groups in total. The van der Waals surface area contributed by atoms with Gasteiger partial charge in [-0.3, -0.25) is 0 Å². The summed E-state index contributed by atoms with van der Waals surface area (Å²) in [6.45, 7) is 2.99. The van der Waals surface area contributed by atoms with E-state index in [9.17, 15) is 18.0 Å². The van der Waals surface area contributed by atoms with Crippen LogP contribution in [0, 0.1) is 5.92 Å². The third-order valence-electron chi connectivity index (χ3n) is 5.21. The molecule has 0 aliphatic heterocycles. The smallest absolute Gasteiger partial charge is 0.389 e. The second-order valence-electron chi connectivity index (χ2n) is 7.30. The number of unbranched alkanes of at least 4 members (excludes halogenated alkanes) is 1. The Balaban J connectivity index is 1.74. The molecule has 1 saturated carbocycles. The zero-order chi connectivity index (χ0) is 19.9. The summed E-state index contributed by atoms with van der Waals surface area (Å²) < 4.78 is 41.6. The van der Waals surface area contributed by atoms with Gasteiger partial charge in [-0.05, 0) is 61.6 Å². The highest BCUT2D eigenvalue weighted by atomic mass is 19.4. The first-order valence-electron chi connectivity index (χ1n) is 9.46. The zero-order valence-electron chi connectivity index (χ0n) is 15.4. The fraction of sp³-hybridized carbons (Fsp3) is 0.571. The molecule has 0 saturated heterocycles. The lowest BCUT2D eigenvalue weighted by Gasteiger charge is -2.29. The fourth-order valence-corrected chi connectivity index (χ4v) is 3.59. The van der Waals surface area contributed by atoms with Crippen molar-refractivity contribution in [2.75, 3.05) is 6.61 Å². The minimum absolute atomic E-state index is 0.00707. The van der Waals surface area contributed by atoms with Crippen LogP contribution in [0.15, 0.2) is 36.4 Å². The molecule has 1 aromatic carbocycles. The molecule has 1 fully saturated rings. The highest BCUT2D eigenvalue weighted by Crippen LogP contribution is 2.38. The molecule has 0 unspecified atom stereocenters. The molecule has 0 atom stereocenters. The largest absolute Gasteiger partial charge is 0.423 e. The van der Waals surface area contributed by atoms with Crippen molar-refractivity contribution < 1.29 is 27.8 Å². The van der Waals surface area contributed by atoms with Gasteiger partial charge < -0.3 is 9.84 Å². The molecular formula is C21H27F3O3. The first-order valence-corrected chi connectivity index (χ1v) is 9.46. The molecule has 2 rings (SSSR count). The summed E-state index contributed by atoms with van der Waals surface area (Å²) in [7, 11) is 0. The minimum Gasteiger partial charge on any atom is -0.423 e. The van der Waals surface area contributed by atoms with E-state index in [0.29, 0.717) is 24.0 Å². The average molecular weight is 384 g/mol. The predicted octanol–water partition coefficient (Wildman–Crippen LogP) is 5.54. The maximum Gasteiger partial charge on any atom is 0.389 e. The van der Waals surface area contributed by atoms with Crippen molar-refractivity contribution in [1.82, 2.24) is 0 Å². The lowest BCUT2D eigenvalue weighted by atomic mass is 9.77. The number of aliphatic hydroxyl groups excluding tert-OH is 1. The van der Waals surface area contributed by atoms with Gasteiger partial charge in [0.2, 0.25) is 0 Å². The Kier molecular flexibility index (Phi) is 7.90. The van der Waals surface area contributed by atoms with Crippen LogP contribution < -0.4 is 4.74 Å². The number of benzene rings is 1. The van der Waals surface area contributed by atoms with Crippen LogP contribution in [0.2, 0.25) is 0 Å². The Morgan fingerprint density at radius 1 is 1.11 bits per heavy atom. The Labute approximate surface area is 158 Å². The van der Waals surface area contributed by atoms with E-state index >= 15 is 0 Å². The SMILES string of the molecule is C=C(CO)C(=O)Oc1ccc(C2CCC(CCCCC(F)(F)F)CC2)cc1. The van der Waals surface area contributed by atoms with E-state index < -0.39 is 25.2 Å². The first-order chi connectivity index (χ1) is 12.8. The molecule has 6 heteroatoms. The molecule has 27 heavy (non-hydrogen) atoms. The first kappa shape index (κ1) is 21.5. The summed E-state index contributed by atoms with van der Waals surface area (Å²) in [5.41, 5.74) is 1.19. The van der Waals surface area contributed by atoms with Gasteiger partial charge >= 0.3 is 12.1 Å². The van der Waals surface area contributed by atoms with Crippen molar-refractivity contribution in [2.24, 2.45) is 5.92 Å². The predicted molar refractivity (Wildman–Crippen MR) is 97.5 cm³/mol. The quantitative estimate of drug-likeness (QED) is 0.277. The number of alkyl halides is 3. The molecule has 0 bridgehead atoms. The minimum atomic E-state index is -4.04. The topological polar surface area (TPSA) is 46.5 Å². The van der Waals surface area contributed by atoms with Crippen molar-refractivity contribution in [2.45, 2.75) is 63.5 Å². The second-order valence-corrected chi connectivity index (χ2v) is 7.30. The molecule has 0 aromatic heterocycles. The number of hydrogen-bond acceptors (Lipinski definition) is 3.